The van der Waals surface area contributed by atoms with Crippen molar-refractivity contribution in [2.45, 2.75) is 41.0 Å². The maximum absolute atomic E-state index is 15.0. The summed E-state index contributed by atoms with van der Waals surface area (Å²) in [6, 6.07) is 7.70. The molecule has 0 spiro atoms. The normalized spacial score (nSPS) is 14.4. The predicted molar refractivity (Wildman–Crippen MR) is 108 cm³/mol. The van der Waals surface area contributed by atoms with Gasteiger partial charge in [-0.2, -0.15) is 0 Å². The smallest absolute Gasteiger partial charge is 0.134 e. The first-order valence-corrected chi connectivity index (χ1v) is 9.30. The molecule has 1 fully saturated rings. The molecule has 1 aliphatic rings. The van der Waals surface area contributed by atoms with E-state index in [1.54, 1.807) is 6.20 Å². The third-order valence-electron chi connectivity index (χ3n) is 4.59. The lowest BCUT2D eigenvalue weighted by Crippen LogP contribution is -2.48. The SMILES string of the molecule is CCN=C1CN(c2ncc(-c3cccc(CC(C)(C)C)c3F)cc2C)C1. The molecule has 2 aromatic rings. The van der Waals surface area contributed by atoms with Crippen molar-refractivity contribution in [1.29, 1.82) is 0 Å². The first-order valence-electron chi connectivity index (χ1n) is 9.30. The van der Waals surface area contributed by atoms with Gasteiger partial charge in [-0.25, -0.2) is 9.37 Å². The molecule has 1 aromatic carbocycles. The van der Waals surface area contributed by atoms with Crippen LogP contribution in [0.5, 0.6) is 0 Å². The molecule has 0 saturated carbocycles. The average molecular weight is 353 g/mol. The summed E-state index contributed by atoms with van der Waals surface area (Å²) >= 11 is 0. The second-order valence-electron chi connectivity index (χ2n) is 8.28. The molecule has 4 heteroatoms. The van der Waals surface area contributed by atoms with Crippen LogP contribution in [0.3, 0.4) is 0 Å². The molecule has 0 aliphatic carbocycles. The summed E-state index contributed by atoms with van der Waals surface area (Å²) < 4.78 is 15.0. The van der Waals surface area contributed by atoms with Crippen molar-refractivity contribution >= 4 is 11.5 Å². The van der Waals surface area contributed by atoms with Crippen molar-refractivity contribution in [3.05, 3.63) is 47.4 Å². The van der Waals surface area contributed by atoms with Crippen LogP contribution >= 0.6 is 0 Å². The Bertz CT molecular complexity index is 826. The van der Waals surface area contributed by atoms with Gasteiger partial charge in [-0.05, 0) is 42.9 Å². The molecule has 1 aromatic heterocycles. The second kappa shape index (κ2) is 7.18. The van der Waals surface area contributed by atoms with E-state index in [4.69, 9.17) is 0 Å². The molecule has 0 amide bonds. The van der Waals surface area contributed by atoms with Gasteiger partial charge in [0, 0.05) is 23.9 Å². The van der Waals surface area contributed by atoms with Crippen molar-refractivity contribution in [3.63, 3.8) is 0 Å². The maximum atomic E-state index is 15.0. The number of aromatic nitrogens is 1. The quantitative estimate of drug-likeness (QED) is 0.768. The van der Waals surface area contributed by atoms with Crippen LogP contribution < -0.4 is 4.90 Å². The van der Waals surface area contributed by atoms with Crippen LogP contribution in [0.15, 0.2) is 35.5 Å². The molecule has 3 rings (SSSR count). The topological polar surface area (TPSA) is 28.5 Å². The zero-order valence-corrected chi connectivity index (χ0v) is 16.4. The summed E-state index contributed by atoms with van der Waals surface area (Å²) in [6.07, 6.45) is 2.50. The number of aryl methyl sites for hydroxylation is 1. The Morgan fingerprint density at radius 1 is 1.23 bits per heavy atom. The summed E-state index contributed by atoms with van der Waals surface area (Å²) in [5.41, 5.74) is 4.57. The van der Waals surface area contributed by atoms with E-state index in [9.17, 15) is 0 Å². The summed E-state index contributed by atoms with van der Waals surface area (Å²) in [5.74, 6) is 0.841. The van der Waals surface area contributed by atoms with Gasteiger partial charge < -0.3 is 4.90 Å². The van der Waals surface area contributed by atoms with E-state index in [2.05, 4.69) is 42.6 Å². The van der Waals surface area contributed by atoms with Crippen molar-refractivity contribution in [3.8, 4) is 11.1 Å². The van der Waals surface area contributed by atoms with Gasteiger partial charge in [0.05, 0.1) is 18.8 Å². The minimum absolute atomic E-state index is 0.0484. The first-order chi connectivity index (χ1) is 12.3. The van der Waals surface area contributed by atoms with Crippen LogP contribution in [0, 0.1) is 18.2 Å². The number of nitrogens with zero attached hydrogens (tertiary/aromatic N) is 3. The molecule has 0 unspecified atom stereocenters. The number of rotatable bonds is 4. The van der Waals surface area contributed by atoms with Crippen LogP contribution in [0.4, 0.5) is 10.2 Å². The summed E-state index contributed by atoms with van der Waals surface area (Å²) in [4.78, 5) is 11.3. The van der Waals surface area contributed by atoms with E-state index in [-0.39, 0.29) is 11.2 Å². The van der Waals surface area contributed by atoms with E-state index in [1.165, 1.54) is 5.71 Å². The molecule has 3 nitrogen and oxygen atoms in total. The Balaban J connectivity index is 1.86. The molecule has 0 bridgehead atoms. The fourth-order valence-electron chi connectivity index (χ4n) is 3.42. The highest BCUT2D eigenvalue weighted by Gasteiger charge is 2.24. The van der Waals surface area contributed by atoms with Gasteiger partial charge in [-0.15, -0.1) is 0 Å². The summed E-state index contributed by atoms with van der Waals surface area (Å²) in [6.45, 7) is 13.0. The lowest BCUT2D eigenvalue weighted by atomic mass is 9.87. The number of pyridine rings is 1. The molecular formula is C22H28FN3. The van der Waals surface area contributed by atoms with Crippen LogP contribution in [-0.2, 0) is 6.42 Å². The number of benzene rings is 1. The van der Waals surface area contributed by atoms with Crippen LogP contribution in [0.2, 0.25) is 0 Å². The van der Waals surface area contributed by atoms with Crippen molar-refractivity contribution in [1.82, 2.24) is 4.98 Å². The molecule has 138 valence electrons. The fourth-order valence-corrected chi connectivity index (χ4v) is 3.42. The molecular weight excluding hydrogens is 325 g/mol. The van der Waals surface area contributed by atoms with E-state index in [0.717, 1.165) is 42.1 Å². The molecule has 1 aliphatic heterocycles. The Morgan fingerprint density at radius 3 is 2.58 bits per heavy atom. The van der Waals surface area contributed by atoms with Gasteiger partial charge >= 0.3 is 0 Å². The number of anilines is 1. The van der Waals surface area contributed by atoms with E-state index >= 15 is 4.39 Å². The third kappa shape index (κ3) is 3.95. The van der Waals surface area contributed by atoms with Crippen molar-refractivity contribution < 1.29 is 4.39 Å². The van der Waals surface area contributed by atoms with E-state index < -0.39 is 0 Å². The fraction of sp³-hybridized carbons (Fsp3) is 0.455. The highest BCUT2D eigenvalue weighted by atomic mass is 19.1. The van der Waals surface area contributed by atoms with Crippen LogP contribution in [0.25, 0.3) is 11.1 Å². The van der Waals surface area contributed by atoms with Gasteiger partial charge in [-0.3, -0.25) is 4.99 Å². The zero-order valence-electron chi connectivity index (χ0n) is 16.4. The monoisotopic (exact) mass is 353 g/mol. The molecule has 0 radical (unpaired) electrons. The lowest BCUT2D eigenvalue weighted by Gasteiger charge is -2.35. The summed E-state index contributed by atoms with van der Waals surface area (Å²) in [7, 11) is 0. The Labute approximate surface area is 156 Å². The number of hydrogen-bond acceptors (Lipinski definition) is 3. The van der Waals surface area contributed by atoms with Crippen molar-refractivity contribution in [2.75, 3.05) is 24.5 Å². The number of aliphatic imine (C=N–C) groups is 1. The standard InChI is InChI=1S/C22H28FN3/c1-6-24-18-13-26(14-18)21-15(2)10-17(12-25-21)19-9-7-8-16(20(19)23)11-22(3,4)5/h7-10,12H,6,11,13-14H2,1-5H3. The van der Waals surface area contributed by atoms with Gasteiger partial charge in [0.15, 0.2) is 0 Å². The minimum atomic E-state index is -0.127. The first kappa shape index (κ1) is 18.6. The highest BCUT2D eigenvalue weighted by Crippen LogP contribution is 2.31. The van der Waals surface area contributed by atoms with Gasteiger partial charge in [-0.1, -0.05) is 39.0 Å². The lowest BCUT2D eigenvalue weighted by molar-refractivity contribution is 0.402. The van der Waals surface area contributed by atoms with E-state index in [1.807, 2.05) is 31.2 Å². The largest absolute Gasteiger partial charge is 0.345 e. The predicted octanol–water partition coefficient (Wildman–Crippen LogP) is 5.07. The Kier molecular flexibility index (Phi) is 5.12. The minimum Gasteiger partial charge on any atom is -0.345 e. The van der Waals surface area contributed by atoms with Crippen molar-refractivity contribution in [2.24, 2.45) is 10.4 Å². The second-order valence-corrected chi connectivity index (χ2v) is 8.28. The van der Waals surface area contributed by atoms with E-state index in [0.29, 0.717) is 12.0 Å². The molecule has 0 atom stereocenters. The third-order valence-corrected chi connectivity index (χ3v) is 4.59. The van der Waals surface area contributed by atoms with Gasteiger partial charge in [0.25, 0.3) is 0 Å². The highest BCUT2D eigenvalue weighted by molar-refractivity contribution is 5.99. The molecule has 2 heterocycles. The molecule has 0 N–H and O–H groups in total. The molecule has 26 heavy (non-hydrogen) atoms. The maximum Gasteiger partial charge on any atom is 0.134 e. The Hall–Kier alpha value is -2.23. The van der Waals surface area contributed by atoms with Crippen LogP contribution in [0.1, 0.15) is 38.8 Å². The summed E-state index contributed by atoms with van der Waals surface area (Å²) in [5, 5.41) is 0. The number of hydrogen-bond donors (Lipinski definition) is 0. The average Bonchev–Trinajstić information content (AvgIpc) is 2.52. The molecule has 1 saturated heterocycles. The zero-order chi connectivity index (χ0) is 18.9. The van der Waals surface area contributed by atoms with Crippen LogP contribution in [-0.4, -0.2) is 30.3 Å². The Morgan fingerprint density at radius 2 is 1.96 bits per heavy atom. The van der Waals surface area contributed by atoms with Gasteiger partial charge in [0.2, 0.25) is 0 Å². The van der Waals surface area contributed by atoms with Gasteiger partial charge in [0.1, 0.15) is 11.6 Å². The number of halogens is 1.